The van der Waals surface area contributed by atoms with Crippen LogP contribution in [0.25, 0.3) is 0 Å². The molecule has 0 fully saturated rings. The Bertz CT molecular complexity index is 443. The van der Waals surface area contributed by atoms with E-state index in [4.69, 9.17) is 0 Å². The molecule has 1 aromatic rings. The predicted octanol–water partition coefficient (Wildman–Crippen LogP) is 3.09. The molecule has 0 spiro atoms. The third kappa shape index (κ3) is 2.87. The second-order valence-corrected chi connectivity index (χ2v) is 6.30. The van der Waals surface area contributed by atoms with Gasteiger partial charge in [0.05, 0.1) is 0 Å². The van der Waals surface area contributed by atoms with Crippen LogP contribution in [0.4, 0.5) is 0 Å². The van der Waals surface area contributed by atoms with Crippen LogP contribution in [-0.2, 0) is 6.42 Å². The van der Waals surface area contributed by atoms with Crippen molar-refractivity contribution in [3.63, 3.8) is 0 Å². The van der Waals surface area contributed by atoms with Gasteiger partial charge in [0.1, 0.15) is 0 Å². The van der Waals surface area contributed by atoms with Crippen LogP contribution in [0.5, 0.6) is 0 Å². The van der Waals surface area contributed by atoms with Crippen molar-refractivity contribution in [2.75, 3.05) is 0 Å². The van der Waals surface area contributed by atoms with Crippen molar-refractivity contribution in [2.45, 2.75) is 46.6 Å². The van der Waals surface area contributed by atoms with Crippen molar-refractivity contribution >= 4 is 5.91 Å². The van der Waals surface area contributed by atoms with E-state index in [0.29, 0.717) is 0 Å². The number of hydrogen-bond donors (Lipinski definition) is 1. The van der Waals surface area contributed by atoms with Gasteiger partial charge in [0.25, 0.3) is 5.91 Å². The fraction of sp³-hybridized carbons (Fsp3) is 0.533. The SMILES string of the molecule is Cc1ccc2c(c1)C(=O)NC(CC(C)(C)C)C2. The topological polar surface area (TPSA) is 29.1 Å². The number of amides is 1. The first-order valence-electron chi connectivity index (χ1n) is 6.25. The first-order chi connectivity index (χ1) is 7.85. The van der Waals surface area contributed by atoms with E-state index < -0.39 is 0 Å². The summed E-state index contributed by atoms with van der Waals surface area (Å²) in [7, 11) is 0. The summed E-state index contributed by atoms with van der Waals surface area (Å²) in [6, 6.07) is 6.44. The third-order valence-corrected chi connectivity index (χ3v) is 3.17. The summed E-state index contributed by atoms with van der Waals surface area (Å²) in [5.74, 6) is 0.0872. The van der Waals surface area contributed by atoms with Gasteiger partial charge in [0.2, 0.25) is 0 Å². The lowest BCUT2D eigenvalue weighted by molar-refractivity contribution is 0.0913. The maximum Gasteiger partial charge on any atom is 0.251 e. The summed E-state index contributed by atoms with van der Waals surface area (Å²) in [5.41, 5.74) is 3.44. The molecule has 0 saturated carbocycles. The number of benzene rings is 1. The van der Waals surface area contributed by atoms with Gasteiger partial charge in [-0.3, -0.25) is 4.79 Å². The number of fused-ring (bicyclic) bond motifs is 1. The number of carbonyl (C=O) groups excluding carboxylic acids is 1. The van der Waals surface area contributed by atoms with Crippen LogP contribution in [0.2, 0.25) is 0 Å². The molecule has 1 aliphatic rings. The Morgan fingerprint density at radius 1 is 1.35 bits per heavy atom. The Morgan fingerprint density at radius 3 is 2.71 bits per heavy atom. The van der Waals surface area contributed by atoms with Gasteiger partial charge in [-0.25, -0.2) is 0 Å². The molecule has 0 aliphatic carbocycles. The number of aryl methyl sites for hydroxylation is 1. The molecule has 2 rings (SSSR count). The van der Waals surface area contributed by atoms with Crippen molar-refractivity contribution < 1.29 is 4.79 Å². The zero-order valence-electron chi connectivity index (χ0n) is 11.1. The molecule has 17 heavy (non-hydrogen) atoms. The minimum absolute atomic E-state index is 0.0872. The van der Waals surface area contributed by atoms with Gasteiger partial charge >= 0.3 is 0 Å². The first-order valence-corrected chi connectivity index (χ1v) is 6.25. The van der Waals surface area contributed by atoms with Crippen molar-refractivity contribution in [3.8, 4) is 0 Å². The molecule has 1 heterocycles. The molecule has 1 aromatic carbocycles. The smallest absolute Gasteiger partial charge is 0.251 e. The summed E-state index contributed by atoms with van der Waals surface area (Å²) in [6.07, 6.45) is 1.98. The van der Waals surface area contributed by atoms with Crippen LogP contribution in [0.1, 0.15) is 48.7 Å². The standard InChI is InChI=1S/C15H21NO/c1-10-5-6-11-8-12(9-15(2,3)4)16-14(17)13(11)7-10/h5-7,12H,8-9H2,1-4H3,(H,16,17). The summed E-state index contributed by atoms with van der Waals surface area (Å²) in [5, 5.41) is 3.12. The van der Waals surface area contributed by atoms with E-state index in [0.717, 1.165) is 24.0 Å². The van der Waals surface area contributed by atoms with Gasteiger partial charge in [0, 0.05) is 11.6 Å². The maximum absolute atomic E-state index is 12.0. The molecule has 0 saturated heterocycles. The summed E-state index contributed by atoms with van der Waals surface area (Å²) >= 11 is 0. The monoisotopic (exact) mass is 231 g/mol. The van der Waals surface area contributed by atoms with Crippen LogP contribution in [0, 0.1) is 12.3 Å². The Morgan fingerprint density at radius 2 is 2.06 bits per heavy atom. The Hall–Kier alpha value is -1.31. The zero-order valence-corrected chi connectivity index (χ0v) is 11.1. The van der Waals surface area contributed by atoms with Gasteiger partial charge in [0.15, 0.2) is 0 Å². The van der Waals surface area contributed by atoms with E-state index in [2.05, 4.69) is 38.2 Å². The molecule has 0 radical (unpaired) electrons. The molecule has 1 aliphatic heterocycles. The number of carbonyl (C=O) groups is 1. The van der Waals surface area contributed by atoms with E-state index in [9.17, 15) is 4.79 Å². The third-order valence-electron chi connectivity index (χ3n) is 3.17. The average molecular weight is 231 g/mol. The van der Waals surface area contributed by atoms with Gasteiger partial charge < -0.3 is 5.32 Å². The van der Waals surface area contributed by atoms with Crippen LogP contribution >= 0.6 is 0 Å². The molecule has 1 atom stereocenters. The molecule has 0 bridgehead atoms. The maximum atomic E-state index is 12.0. The van der Waals surface area contributed by atoms with Crippen molar-refractivity contribution in [1.82, 2.24) is 5.32 Å². The second kappa shape index (κ2) is 4.17. The van der Waals surface area contributed by atoms with Crippen LogP contribution < -0.4 is 5.32 Å². The molecular weight excluding hydrogens is 210 g/mol. The molecular formula is C15H21NO. The van der Waals surface area contributed by atoms with Crippen molar-refractivity contribution in [2.24, 2.45) is 5.41 Å². The second-order valence-electron chi connectivity index (χ2n) is 6.30. The van der Waals surface area contributed by atoms with E-state index in [-0.39, 0.29) is 17.4 Å². The number of nitrogens with one attached hydrogen (secondary N) is 1. The normalized spacial score (nSPS) is 19.8. The van der Waals surface area contributed by atoms with Gasteiger partial charge in [-0.1, -0.05) is 38.5 Å². The summed E-state index contributed by atoms with van der Waals surface area (Å²) in [6.45, 7) is 8.66. The van der Waals surface area contributed by atoms with Crippen molar-refractivity contribution in [1.29, 1.82) is 0 Å². The van der Waals surface area contributed by atoms with E-state index in [1.165, 1.54) is 5.56 Å². The number of hydrogen-bond acceptors (Lipinski definition) is 1. The lowest BCUT2D eigenvalue weighted by atomic mass is 9.83. The fourth-order valence-electron chi connectivity index (χ4n) is 2.52. The highest BCUT2D eigenvalue weighted by Crippen LogP contribution is 2.26. The minimum Gasteiger partial charge on any atom is -0.349 e. The lowest BCUT2D eigenvalue weighted by Gasteiger charge is -2.31. The highest BCUT2D eigenvalue weighted by atomic mass is 16.1. The summed E-state index contributed by atoms with van der Waals surface area (Å²) < 4.78 is 0. The molecule has 92 valence electrons. The average Bonchev–Trinajstić information content (AvgIpc) is 2.17. The summed E-state index contributed by atoms with van der Waals surface area (Å²) in [4.78, 5) is 12.0. The largest absolute Gasteiger partial charge is 0.349 e. The Balaban J connectivity index is 2.22. The Labute approximate surface area is 103 Å². The molecule has 1 N–H and O–H groups in total. The predicted molar refractivity (Wildman–Crippen MR) is 70.2 cm³/mol. The molecule has 2 nitrogen and oxygen atoms in total. The first kappa shape index (κ1) is 12.2. The van der Waals surface area contributed by atoms with E-state index in [1.54, 1.807) is 0 Å². The van der Waals surface area contributed by atoms with Crippen LogP contribution in [0.15, 0.2) is 18.2 Å². The molecule has 1 unspecified atom stereocenters. The highest BCUT2D eigenvalue weighted by molar-refractivity contribution is 5.97. The molecule has 2 heteroatoms. The van der Waals surface area contributed by atoms with Crippen LogP contribution in [-0.4, -0.2) is 11.9 Å². The Kier molecular flexibility index (Phi) is 2.98. The van der Waals surface area contributed by atoms with Gasteiger partial charge in [-0.05, 0) is 36.8 Å². The molecule has 0 aromatic heterocycles. The highest BCUT2D eigenvalue weighted by Gasteiger charge is 2.27. The quantitative estimate of drug-likeness (QED) is 0.790. The van der Waals surface area contributed by atoms with E-state index in [1.807, 2.05) is 13.0 Å². The van der Waals surface area contributed by atoms with Crippen molar-refractivity contribution in [3.05, 3.63) is 34.9 Å². The van der Waals surface area contributed by atoms with Crippen LogP contribution in [0.3, 0.4) is 0 Å². The number of rotatable bonds is 1. The molecule has 1 amide bonds. The van der Waals surface area contributed by atoms with E-state index >= 15 is 0 Å². The minimum atomic E-state index is 0.0872. The van der Waals surface area contributed by atoms with Gasteiger partial charge in [-0.2, -0.15) is 0 Å². The fourth-order valence-corrected chi connectivity index (χ4v) is 2.52. The lowest BCUT2D eigenvalue weighted by Crippen LogP contribution is -2.43. The zero-order chi connectivity index (χ0) is 12.6. The van der Waals surface area contributed by atoms with Gasteiger partial charge in [-0.15, -0.1) is 0 Å².